The van der Waals surface area contributed by atoms with E-state index in [2.05, 4.69) is 38.1 Å². The van der Waals surface area contributed by atoms with Crippen LogP contribution in [-0.2, 0) is 28.5 Å². The second-order valence-corrected chi connectivity index (χ2v) is 14.4. The van der Waals surface area contributed by atoms with E-state index in [1.165, 1.54) is 19.2 Å². The van der Waals surface area contributed by atoms with Gasteiger partial charge in [-0.25, -0.2) is 9.63 Å². The number of rotatable bonds is 8. The van der Waals surface area contributed by atoms with Crippen molar-refractivity contribution in [1.82, 2.24) is 15.0 Å². The van der Waals surface area contributed by atoms with Gasteiger partial charge in [0.1, 0.15) is 27.8 Å². The zero-order valence-electron chi connectivity index (χ0n) is 25.8. The highest BCUT2D eigenvalue weighted by Crippen LogP contribution is 2.60. The van der Waals surface area contributed by atoms with E-state index in [4.69, 9.17) is 14.2 Å². The van der Waals surface area contributed by atoms with Crippen molar-refractivity contribution in [2.45, 2.75) is 61.7 Å². The van der Waals surface area contributed by atoms with Crippen LogP contribution in [0.4, 0.5) is 4.79 Å². The van der Waals surface area contributed by atoms with Crippen LogP contribution >= 0.6 is 15.9 Å². The van der Waals surface area contributed by atoms with Crippen LogP contribution in [-0.4, -0.2) is 63.1 Å². The average molecular weight is 714 g/mol. The molecule has 2 heterocycles. The molecule has 1 aliphatic carbocycles. The highest BCUT2D eigenvalue weighted by Gasteiger charge is 2.59. The molecule has 3 aromatic rings. The van der Waals surface area contributed by atoms with E-state index in [1.807, 2.05) is 36.4 Å². The Morgan fingerprint density at radius 2 is 1.87 bits per heavy atom. The summed E-state index contributed by atoms with van der Waals surface area (Å²) in [7, 11) is -0.818. The number of amides is 2. The molecule has 0 aromatic heterocycles. The standard InChI is InChI=1S/C33H37BrN4O7S/c1-20-13-23(36-37-46(41,42)26-11-9-25(43-2)10-12-26)15-28-33(20)16-24(19-39)38(32(40)35-17-21-7-5-4-6-8-21)18-22-14-27(44-3)30(34)31(45-28)29(22)33/h4-12,14,20,24,28,37,39H,13,15-19H2,1-3H3,(H,35,40)/b36-23+/t20-,24+,28-,33+/m1/s1. The second kappa shape index (κ2) is 12.8. The van der Waals surface area contributed by atoms with Gasteiger partial charge >= 0.3 is 6.03 Å². The first-order chi connectivity index (χ1) is 22.1. The van der Waals surface area contributed by atoms with Crippen molar-refractivity contribution in [3.63, 3.8) is 0 Å². The number of aliphatic hydroxyl groups excluding tert-OH is 1. The van der Waals surface area contributed by atoms with E-state index >= 15 is 0 Å². The maximum atomic E-state index is 13.7. The number of halogens is 1. The number of hydrogen-bond donors (Lipinski definition) is 3. The number of nitrogens with zero attached hydrogens (tertiary/aromatic N) is 2. The summed E-state index contributed by atoms with van der Waals surface area (Å²) in [4.78, 5) is 17.9. The molecule has 2 aliphatic heterocycles. The molecule has 0 saturated heterocycles. The second-order valence-electron chi connectivity index (χ2n) is 12.0. The number of methoxy groups -OCH3 is 2. The van der Waals surface area contributed by atoms with Crippen molar-refractivity contribution in [1.29, 1.82) is 0 Å². The number of hydrogen-bond acceptors (Lipinski definition) is 8. The first kappa shape index (κ1) is 32.1. The maximum absolute atomic E-state index is 13.7. The molecule has 13 heteroatoms. The van der Waals surface area contributed by atoms with Crippen molar-refractivity contribution in [2.75, 3.05) is 20.8 Å². The lowest BCUT2D eigenvalue weighted by Crippen LogP contribution is -2.54. The summed E-state index contributed by atoms with van der Waals surface area (Å²) in [6.45, 7) is 2.48. The fourth-order valence-corrected chi connectivity index (χ4v) is 8.55. The molecule has 46 heavy (non-hydrogen) atoms. The van der Waals surface area contributed by atoms with Gasteiger partial charge in [-0.1, -0.05) is 37.3 Å². The lowest BCUT2D eigenvalue weighted by Gasteiger charge is -2.45. The quantitative estimate of drug-likeness (QED) is 0.288. The van der Waals surface area contributed by atoms with Crippen molar-refractivity contribution in [2.24, 2.45) is 11.0 Å². The van der Waals surface area contributed by atoms with Gasteiger partial charge in [-0.15, -0.1) is 0 Å². The van der Waals surface area contributed by atoms with E-state index in [1.54, 1.807) is 24.1 Å². The van der Waals surface area contributed by atoms with Gasteiger partial charge in [0.05, 0.1) is 31.8 Å². The van der Waals surface area contributed by atoms with Gasteiger partial charge in [0.25, 0.3) is 10.0 Å². The Kier molecular flexibility index (Phi) is 8.92. The number of sulfonamides is 1. The summed E-state index contributed by atoms with van der Waals surface area (Å²) >= 11 is 3.70. The lowest BCUT2D eigenvalue weighted by atomic mass is 9.59. The van der Waals surface area contributed by atoms with E-state index in [-0.39, 0.29) is 30.0 Å². The maximum Gasteiger partial charge on any atom is 0.318 e. The van der Waals surface area contributed by atoms with Crippen LogP contribution in [0.3, 0.4) is 0 Å². The molecule has 3 aliphatic rings. The predicted octanol–water partition coefficient (Wildman–Crippen LogP) is 4.71. The van der Waals surface area contributed by atoms with Crippen LogP contribution in [0.2, 0.25) is 0 Å². The number of urea groups is 1. The molecule has 1 spiro atoms. The fraction of sp³-hybridized carbons (Fsp3) is 0.394. The van der Waals surface area contributed by atoms with Crippen molar-refractivity contribution in [3.8, 4) is 17.2 Å². The summed E-state index contributed by atoms with van der Waals surface area (Å²) in [6, 6.07) is 16.9. The monoisotopic (exact) mass is 712 g/mol. The summed E-state index contributed by atoms with van der Waals surface area (Å²) in [5.41, 5.74) is 2.93. The van der Waals surface area contributed by atoms with Gasteiger partial charge < -0.3 is 29.5 Å². The van der Waals surface area contributed by atoms with Crippen LogP contribution in [0.15, 0.2) is 75.1 Å². The van der Waals surface area contributed by atoms with E-state index in [9.17, 15) is 18.3 Å². The molecule has 2 amide bonds. The normalized spacial score (nSPS) is 24.3. The van der Waals surface area contributed by atoms with Gasteiger partial charge in [-0.2, -0.15) is 13.5 Å². The number of nitrogens with one attached hydrogen (secondary N) is 2. The average Bonchev–Trinajstić information content (AvgIpc) is 3.33. The smallest absolute Gasteiger partial charge is 0.318 e. The minimum atomic E-state index is -3.91. The van der Waals surface area contributed by atoms with Gasteiger partial charge in [0.2, 0.25) is 0 Å². The predicted molar refractivity (Wildman–Crippen MR) is 176 cm³/mol. The Morgan fingerprint density at radius 3 is 2.54 bits per heavy atom. The molecule has 0 radical (unpaired) electrons. The number of benzene rings is 3. The summed E-state index contributed by atoms with van der Waals surface area (Å²) in [5, 5.41) is 18.1. The Labute approximate surface area is 277 Å². The molecule has 1 saturated carbocycles. The van der Waals surface area contributed by atoms with Gasteiger partial charge in [-0.3, -0.25) is 0 Å². The van der Waals surface area contributed by atoms with Crippen LogP contribution in [0.25, 0.3) is 0 Å². The Balaban J connectivity index is 1.32. The Hall–Kier alpha value is -3.81. The SMILES string of the molecule is COc1ccc(S(=O)(=O)N/N=C2\C[C@@H](C)[C@]34C[C@@H](CO)N(C(=O)NCc5ccccc5)Cc5cc(OC)c(Br)c(c53)O[C@@H]4C2)cc1. The van der Waals surface area contributed by atoms with E-state index < -0.39 is 27.6 Å². The fourth-order valence-electron chi connectivity index (χ4n) is 7.13. The summed E-state index contributed by atoms with van der Waals surface area (Å²) in [6.07, 6.45) is 0.888. The molecule has 3 aromatic carbocycles. The van der Waals surface area contributed by atoms with Crippen molar-refractivity contribution < 1.29 is 32.5 Å². The molecule has 1 fully saturated rings. The van der Waals surface area contributed by atoms with Crippen LogP contribution < -0.4 is 24.4 Å². The summed E-state index contributed by atoms with van der Waals surface area (Å²) < 4.78 is 44.3. The third-order valence-corrected chi connectivity index (χ3v) is 11.4. The topological polar surface area (TPSA) is 139 Å². The third kappa shape index (κ3) is 5.69. The molecule has 4 atom stereocenters. The minimum Gasteiger partial charge on any atom is -0.497 e. The van der Waals surface area contributed by atoms with Crippen LogP contribution in [0.1, 0.15) is 42.9 Å². The molecule has 6 rings (SSSR count). The molecular formula is C33H37BrN4O7S. The lowest BCUT2D eigenvalue weighted by molar-refractivity contribution is 0.0517. The van der Waals surface area contributed by atoms with Crippen LogP contribution in [0, 0.1) is 5.92 Å². The van der Waals surface area contributed by atoms with Gasteiger partial charge in [0.15, 0.2) is 0 Å². The molecule has 3 N–H and O–H groups in total. The summed E-state index contributed by atoms with van der Waals surface area (Å²) in [5.74, 6) is 1.70. The molecule has 11 nitrogen and oxygen atoms in total. The molecule has 0 bridgehead atoms. The number of aliphatic hydroxyl groups is 1. The van der Waals surface area contributed by atoms with Gasteiger partial charge in [0, 0.05) is 36.2 Å². The number of carbonyl (C=O) groups is 1. The third-order valence-electron chi connectivity index (χ3n) is 9.44. The number of ether oxygens (including phenoxy) is 3. The highest BCUT2D eigenvalue weighted by atomic mass is 79.9. The first-order valence-corrected chi connectivity index (χ1v) is 17.4. The zero-order chi connectivity index (χ0) is 32.6. The van der Waals surface area contributed by atoms with Gasteiger partial charge in [-0.05, 0) is 76.1 Å². The van der Waals surface area contributed by atoms with Crippen molar-refractivity contribution >= 4 is 37.7 Å². The van der Waals surface area contributed by atoms with E-state index in [0.717, 1.165) is 16.7 Å². The Morgan fingerprint density at radius 1 is 1.13 bits per heavy atom. The highest BCUT2D eigenvalue weighted by molar-refractivity contribution is 9.10. The molecular weight excluding hydrogens is 676 g/mol. The van der Waals surface area contributed by atoms with Crippen LogP contribution in [0.5, 0.6) is 17.2 Å². The largest absolute Gasteiger partial charge is 0.497 e. The Bertz CT molecular complexity index is 1750. The molecule has 244 valence electrons. The first-order valence-electron chi connectivity index (χ1n) is 15.1. The minimum absolute atomic E-state index is 0.0721. The number of carbonyl (C=O) groups excluding carboxylic acids is 1. The number of hydrazone groups is 1. The zero-order valence-corrected chi connectivity index (χ0v) is 28.2. The molecule has 0 unspecified atom stereocenters. The van der Waals surface area contributed by atoms with Crippen molar-refractivity contribution in [3.05, 3.63) is 81.8 Å². The van der Waals surface area contributed by atoms with E-state index in [0.29, 0.717) is 53.2 Å².